The van der Waals surface area contributed by atoms with E-state index in [2.05, 4.69) is 19.4 Å². The first-order chi connectivity index (χ1) is 7.24. The number of hydrogen-bond donors (Lipinski definition) is 1. The van der Waals surface area contributed by atoms with Crippen molar-refractivity contribution in [2.45, 2.75) is 0 Å². The topological polar surface area (TPSA) is 96.2 Å². The standard InChI is InChI=1S/C8H8N4O3/c1-14-8(13)6-7(9)12(4-10-6)5-2-3-15-11-5/h2-4H,9H2,1H3. The maximum Gasteiger partial charge on any atom is 0.360 e. The second kappa shape index (κ2) is 3.45. The lowest BCUT2D eigenvalue weighted by Crippen LogP contribution is -2.07. The number of anilines is 1. The Kier molecular flexibility index (Phi) is 2.13. The van der Waals surface area contributed by atoms with Gasteiger partial charge in [0, 0.05) is 6.07 Å². The van der Waals surface area contributed by atoms with Crippen molar-refractivity contribution in [2.24, 2.45) is 0 Å². The Labute approximate surface area is 84.4 Å². The molecule has 0 aliphatic heterocycles. The van der Waals surface area contributed by atoms with E-state index in [0.29, 0.717) is 5.82 Å². The Hall–Kier alpha value is -2.31. The number of imidazole rings is 1. The lowest BCUT2D eigenvalue weighted by atomic mass is 10.4. The molecule has 15 heavy (non-hydrogen) atoms. The van der Waals surface area contributed by atoms with Crippen LogP contribution in [0.3, 0.4) is 0 Å². The van der Waals surface area contributed by atoms with Crippen molar-refractivity contribution < 1.29 is 14.1 Å². The molecule has 0 bridgehead atoms. The maximum absolute atomic E-state index is 11.2. The van der Waals surface area contributed by atoms with Crippen molar-refractivity contribution in [2.75, 3.05) is 12.8 Å². The second-order valence-corrected chi connectivity index (χ2v) is 2.70. The van der Waals surface area contributed by atoms with Gasteiger partial charge in [-0.1, -0.05) is 5.16 Å². The number of carbonyl (C=O) groups excluding carboxylic acids is 1. The number of nitrogens with two attached hydrogens (primary N) is 1. The number of nitrogen functional groups attached to an aromatic ring is 1. The molecule has 7 nitrogen and oxygen atoms in total. The molecule has 0 amide bonds. The molecule has 0 fully saturated rings. The van der Waals surface area contributed by atoms with Crippen LogP contribution in [0, 0.1) is 0 Å². The quantitative estimate of drug-likeness (QED) is 0.709. The highest BCUT2D eigenvalue weighted by atomic mass is 16.5. The van der Waals surface area contributed by atoms with Crippen LogP contribution in [0.4, 0.5) is 5.82 Å². The molecular formula is C8H8N4O3. The van der Waals surface area contributed by atoms with Crippen LogP contribution in [-0.2, 0) is 4.74 Å². The lowest BCUT2D eigenvalue weighted by molar-refractivity contribution is 0.0596. The third-order valence-corrected chi connectivity index (χ3v) is 1.85. The number of nitrogens with zero attached hydrogens (tertiary/aromatic N) is 3. The lowest BCUT2D eigenvalue weighted by Gasteiger charge is -1.99. The summed E-state index contributed by atoms with van der Waals surface area (Å²) in [6.45, 7) is 0. The number of rotatable bonds is 2. The fraction of sp³-hybridized carbons (Fsp3) is 0.125. The molecule has 7 heteroatoms. The molecule has 78 valence electrons. The van der Waals surface area contributed by atoms with Gasteiger partial charge in [0.2, 0.25) is 0 Å². The van der Waals surface area contributed by atoms with E-state index in [1.165, 1.54) is 24.3 Å². The maximum atomic E-state index is 11.2. The van der Waals surface area contributed by atoms with Crippen LogP contribution in [0.2, 0.25) is 0 Å². The largest absolute Gasteiger partial charge is 0.464 e. The molecule has 0 unspecified atom stereocenters. The summed E-state index contributed by atoms with van der Waals surface area (Å²) in [5.41, 5.74) is 5.74. The van der Waals surface area contributed by atoms with E-state index in [1.807, 2.05) is 0 Å². The molecule has 2 aromatic heterocycles. The van der Waals surface area contributed by atoms with Crippen LogP contribution in [0.25, 0.3) is 5.82 Å². The summed E-state index contributed by atoms with van der Waals surface area (Å²) in [5.74, 6) is 0.0284. The molecule has 0 aliphatic rings. The number of ether oxygens (including phenoxy) is 1. The van der Waals surface area contributed by atoms with E-state index >= 15 is 0 Å². The molecule has 2 N–H and O–H groups in total. The van der Waals surface area contributed by atoms with Crippen molar-refractivity contribution >= 4 is 11.8 Å². The Morgan fingerprint density at radius 1 is 1.67 bits per heavy atom. The summed E-state index contributed by atoms with van der Waals surface area (Å²) >= 11 is 0. The van der Waals surface area contributed by atoms with Crippen LogP contribution in [0.1, 0.15) is 10.5 Å². The average Bonchev–Trinajstić information content (AvgIpc) is 2.85. The van der Waals surface area contributed by atoms with E-state index in [0.717, 1.165) is 0 Å². The summed E-state index contributed by atoms with van der Waals surface area (Å²) in [4.78, 5) is 15.0. The summed E-state index contributed by atoms with van der Waals surface area (Å²) in [5, 5.41) is 3.66. The number of esters is 1. The highest BCUT2D eigenvalue weighted by molar-refractivity contribution is 5.92. The van der Waals surface area contributed by atoms with Gasteiger partial charge in [-0.3, -0.25) is 4.57 Å². The van der Waals surface area contributed by atoms with E-state index in [-0.39, 0.29) is 11.5 Å². The molecule has 0 saturated heterocycles. The van der Waals surface area contributed by atoms with Gasteiger partial charge in [-0.05, 0) is 0 Å². The van der Waals surface area contributed by atoms with Crippen LogP contribution in [0.15, 0.2) is 23.2 Å². The smallest absolute Gasteiger partial charge is 0.360 e. The van der Waals surface area contributed by atoms with Crippen molar-refractivity contribution in [3.63, 3.8) is 0 Å². The molecule has 0 aromatic carbocycles. The summed E-state index contributed by atoms with van der Waals surface area (Å²) in [7, 11) is 1.26. The van der Waals surface area contributed by atoms with E-state index < -0.39 is 5.97 Å². The predicted octanol–water partition coefficient (Wildman–Crippen LogP) is 0.229. The highest BCUT2D eigenvalue weighted by Gasteiger charge is 2.17. The number of methoxy groups -OCH3 is 1. The summed E-state index contributed by atoms with van der Waals surface area (Å²) in [6, 6.07) is 1.60. The molecule has 2 aromatic rings. The van der Waals surface area contributed by atoms with Gasteiger partial charge in [-0.15, -0.1) is 0 Å². The minimum Gasteiger partial charge on any atom is -0.464 e. The first kappa shape index (κ1) is 9.25. The van der Waals surface area contributed by atoms with Crippen LogP contribution in [0.5, 0.6) is 0 Å². The molecule has 0 atom stereocenters. The highest BCUT2D eigenvalue weighted by Crippen LogP contribution is 2.15. The normalized spacial score (nSPS) is 10.2. The van der Waals surface area contributed by atoms with Gasteiger partial charge < -0.3 is 15.0 Å². The monoisotopic (exact) mass is 208 g/mol. The van der Waals surface area contributed by atoms with Gasteiger partial charge in [-0.2, -0.15) is 0 Å². The summed E-state index contributed by atoms with van der Waals surface area (Å²) < 4.78 is 10.6. The van der Waals surface area contributed by atoms with E-state index in [1.54, 1.807) is 6.07 Å². The van der Waals surface area contributed by atoms with Gasteiger partial charge in [-0.25, -0.2) is 9.78 Å². The van der Waals surface area contributed by atoms with Crippen molar-refractivity contribution in [1.29, 1.82) is 0 Å². The molecule has 0 radical (unpaired) electrons. The number of aromatic nitrogens is 3. The third kappa shape index (κ3) is 1.43. The molecule has 0 aliphatic carbocycles. The van der Waals surface area contributed by atoms with Gasteiger partial charge >= 0.3 is 5.97 Å². The van der Waals surface area contributed by atoms with Gasteiger partial charge in [0.1, 0.15) is 18.4 Å². The Balaban J connectivity index is 2.45. The van der Waals surface area contributed by atoms with Gasteiger partial charge in [0.05, 0.1) is 7.11 Å². The zero-order valence-corrected chi connectivity index (χ0v) is 7.88. The van der Waals surface area contributed by atoms with Crippen LogP contribution >= 0.6 is 0 Å². The minimum atomic E-state index is -0.588. The predicted molar refractivity (Wildman–Crippen MR) is 49.4 cm³/mol. The second-order valence-electron chi connectivity index (χ2n) is 2.70. The zero-order chi connectivity index (χ0) is 10.8. The first-order valence-electron chi connectivity index (χ1n) is 4.06. The Morgan fingerprint density at radius 3 is 3.07 bits per heavy atom. The minimum absolute atomic E-state index is 0.0560. The van der Waals surface area contributed by atoms with E-state index in [9.17, 15) is 4.79 Å². The Bertz CT molecular complexity index is 474. The SMILES string of the molecule is COC(=O)c1ncn(-c2ccon2)c1N. The fourth-order valence-electron chi connectivity index (χ4n) is 1.12. The van der Waals surface area contributed by atoms with E-state index in [4.69, 9.17) is 5.73 Å². The van der Waals surface area contributed by atoms with Crippen molar-refractivity contribution in [1.82, 2.24) is 14.7 Å². The fourth-order valence-corrected chi connectivity index (χ4v) is 1.12. The molecule has 2 heterocycles. The Morgan fingerprint density at radius 2 is 2.47 bits per heavy atom. The third-order valence-electron chi connectivity index (χ3n) is 1.85. The van der Waals surface area contributed by atoms with Crippen LogP contribution < -0.4 is 5.73 Å². The van der Waals surface area contributed by atoms with Crippen molar-refractivity contribution in [3.8, 4) is 5.82 Å². The first-order valence-corrected chi connectivity index (χ1v) is 4.06. The molecule has 2 rings (SSSR count). The molecule has 0 saturated carbocycles. The zero-order valence-electron chi connectivity index (χ0n) is 7.88. The van der Waals surface area contributed by atoms with Gasteiger partial charge in [0.15, 0.2) is 11.5 Å². The summed E-state index contributed by atoms with van der Waals surface area (Å²) in [6.07, 6.45) is 2.77. The number of hydrogen-bond acceptors (Lipinski definition) is 6. The molecular weight excluding hydrogens is 200 g/mol. The number of carbonyl (C=O) groups is 1. The average molecular weight is 208 g/mol. The van der Waals surface area contributed by atoms with Crippen molar-refractivity contribution in [3.05, 3.63) is 24.4 Å². The van der Waals surface area contributed by atoms with Gasteiger partial charge in [0.25, 0.3) is 0 Å². The molecule has 0 spiro atoms. The van der Waals surface area contributed by atoms with Crippen LogP contribution in [-0.4, -0.2) is 27.8 Å².